The summed E-state index contributed by atoms with van der Waals surface area (Å²) in [5.41, 5.74) is 11.8. The quantitative estimate of drug-likeness (QED) is 0.0625. The number of H-pyrrole nitrogens is 1. The summed E-state index contributed by atoms with van der Waals surface area (Å²) in [4.78, 5) is 3.35. The van der Waals surface area contributed by atoms with Crippen LogP contribution in [-0.4, -0.2) is 79.6 Å². The number of fused-ring (bicyclic) bond motifs is 5. The Balaban J connectivity index is 1.09. The second kappa shape index (κ2) is 19.7. The Labute approximate surface area is 369 Å². The molecule has 5 aliphatic rings. The van der Waals surface area contributed by atoms with Crippen molar-refractivity contribution in [3.63, 3.8) is 0 Å². The fourth-order valence-electron chi connectivity index (χ4n) is 10.8. The molecule has 61 heavy (non-hydrogen) atoms. The van der Waals surface area contributed by atoms with E-state index in [1.165, 1.54) is 5.56 Å². The van der Waals surface area contributed by atoms with Gasteiger partial charge in [0.25, 0.3) is 0 Å². The van der Waals surface area contributed by atoms with E-state index in [0.717, 1.165) is 60.9 Å². The number of phenols is 1. The summed E-state index contributed by atoms with van der Waals surface area (Å²) < 4.78 is 6.75. The molecular formula is C50H63N3O6S2. The molecule has 0 spiro atoms. The van der Waals surface area contributed by atoms with Crippen molar-refractivity contribution in [2.45, 2.75) is 95.0 Å². The SMILES string of the molecule is CC(Cc1ccccc1)C12C#CC3C=CC(c4ccc(O)c(OC5CC(Cc6ccc[nH]6)C6=CCNC(N)=C6CSSCC(CO)C5O)c4)CC(O)C3C(O)C(CCC1)CC2. The van der Waals surface area contributed by atoms with Crippen LogP contribution in [0, 0.1) is 52.8 Å². The molecule has 3 aromatic rings. The molecule has 2 aliphatic heterocycles. The van der Waals surface area contributed by atoms with E-state index in [9.17, 15) is 25.5 Å². The molecular weight excluding hydrogens is 803 g/mol. The van der Waals surface area contributed by atoms with Crippen LogP contribution in [0.2, 0.25) is 0 Å². The summed E-state index contributed by atoms with van der Waals surface area (Å²) in [5.74, 6) is 8.43. The Hall–Kier alpha value is -3.76. The van der Waals surface area contributed by atoms with E-state index >= 15 is 0 Å². The highest BCUT2D eigenvalue weighted by molar-refractivity contribution is 8.76. The smallest absolute Gasteiger partial charge is 0.161 e. The van der Waals surface area contributed by atoms with Gasteiger partial charge in [-0.15, -0.1) is 0 Å². The average molecular weight is 866 g/mol. The number of allylic oxidation sites excluding steroid dienone is 3. The molecule has 0 radical (unpaired) electrons. The lowest BCUT2D eigenvalue weighted by Gasteiger charge is -2.34. The molecule has 2 fully saturated rings. The monoisotopic (exact) mass is 865 g/mol. The third kappa shape index (κ3) is 9.91. The molecule has 12 unspecified atom stereocenters. The summed E-state index contributed by atoms with van der Waals surface area (Å²) >= 11 is 0. The van der Waals surface area contributed by atoms with E-state index in [-0.39, 0.29) is 47.2 Å². The predicted octanol–water partition coefficient (Wildman–Crippen LogP) is 7.24. The van der Waals surface area contributed by atoms with Crippen LogP contribution in [0.15, 0.2) is 102 Å². The number of hydrogen-bond donors (Lipinski definition) is 8. The van der Waals surface area contributed by atoms with Crippen LogP contribution in [-0.2, 0) is 12.8 Å². The minimum Gasteiger partial charge on any atom is -0.504 e. The number of ether oxygens (including phenoxy) is 1. The molecule has 3 aliphatic carbocycles. The number of benzene rings is 2. The van der Waals surface area contributed by atoms with E-state index in [1.807, 2.05) is 24.4 Å². The predicted molar refractivity (Wildman–Crippen MR) is 246 cm³/mol. The normalized spacial score (nSPS) is 33.6. The number of aliphatic hydroxyl groups is 4. The third-order valence-corrected chi connectivity index (χ3v) is 16.9. The average Bonchev–Trinajstić information content (AvgIpc) is 3.61. The zero-order chi connectivity index (χ0) is 42.5. The number of phenolic OH excluding ortho intramolecular Hbond substituents is 1. The molecule has 326 valence electrons. The first-order chi connectivity index (χ1) is 29.6. The van der Waals surface area contributed by atoms with Crippen molar-refractivity contribution in [1.29, 1.82) is 0 Å². The molecule has 1 saturated heterocycles. The molecule has 9 nitrogen and oxygen atoms in total. The van der Waals surface area contributed by atoms with Gasteiger partial charge in [-0.1, -0.05) is 101 Å². The van der Waals surface area contributed by atoms with Crippen molar-refractivity contribution in [2.24, 2.45) is 46.7 Å². The lowest BCUT2D eigenvalue weighted by molar-refractivity contribution is -0.0345. The number of aromatic amines is 1. The molecule has 8 rings (SSSR count). The van der Waals surface area contributed by atoms with E-state index in [4.69, 9.17) is 10.5 Å². The largest absolute Gasteiger partial charge is 0.504 e. The highest BCUT2D eigenvalue weighted by Crippen LogP contribution is 2.48. The number of hydrogen-bond acceptors (Lipinski definition) is 10. The number of rotatable bonds is 9. The number of nitrogens with two attached hydrogens (primary N) is 1. The number of nitrogens with one attached hydrogen (secondary N) is 2. The van der Waals surface area contributed by atoms with Gasteiger partial charge in [0, 0.05) is 71.2 Å². The van der Waals surface area contributed by atoms with Crippen LogP contribution in [0.25, 0.3) is 0 Å². The lowest BCUT2D eigenvalue weighted by atomic mass is 9.69. The molecule has 11 heteroatoms. The molecule has 1 aromatic heterocycles. The number of aliphatic hydroxyl groups excluding tert-OH is 4. The molecule has 3 heterocycles. The molecule has 2 aromatic carbocycles. The Bertz CT molecular complexity index is 2100. The van der Waals surface area contributed by atoms with Crippen LogP contribution in [0.3, 0.4) is 0 Å². The third-order valence-electron chi connectivity index (χ3n) is 14.5. The van der Waals surface area contributed by atoms with Gasteiger partial charge in [-0.05, 0) is 110 Å². The van der Waals surface area contributed by atoms with E-state index < -0.39 is 36.3 Å². The molecule has 1 saturated carbocycles. The Kier molecular flexibility index (Phi) is 14.2. The van der Waals surface area contributed by atoms with Crippen molar-refractivity contribution in [1.82, 2.24) is 10.3 Å². The second-order valence-electron chi connectivity index (χ2n) is 18.2. The van der Waals surface area contributed by atoms with Gasteiger partial charge in [0.05, 0.1) is 18.3 Å². The van der Waals surface area contributed by atoms with Gasteiger partial charge in [-0.2, -0.15) is 0 Å². The summed E-state index contributed by atoms with van der Waals surface area (Å²) in [7, 11) is 3.26. The summed E-state index contributed by atoms with van der Waals surface area (Å²) in [6.45, 7) is 2.72. The molecule has 2 bridgehead atoms. The van der Waals surface area contributed by atoms with Crippen molar-refractivity contribution >= 4 is 21.6 Å². The molecule has 0 amide bonds. The first kappa shape index (κ1) is 43.9. The van der Waals surface area contributed by atoms with Gasteiger partial charge in [0.1, 0.15) is 11.9 Å². The van der Waals surface area contributed by atoms with Crippen molar-refractivity contribution in [3.05, 3.63) is 119 Å². The molecule has 9 N–H and O–H groups in total. The van der Waals surface area contributed by atoms with Gasteiger partial charge < -0.3 is 46.3 Å². The van der Waals surface area contributed by atoms with Crippen LogP contribution >= 0.6 is 21.6 Å². The summed E-state index contributed by atoms with van der Waals surface area (Å²) in [6, 6.07) is 20.0. The topological polar surface area (TPSA) is 164 Å². The maximum absolute atomic E-state index is 12.1. The van der Waals surface area contributed by atoms with Crippen molar-refractivity contribution < 1.29 is 30.3 Å². The zero-order valence-electron chi connectivity index (χ0n) is 35.2. The number of aromatic nitrogens is 1. The van der Waals surface area contributed by atoms with Crippen molar-refractivity contribution in [2.75, 3.05) is 24.7 Å². The number of aromatic hydroxyl groups is 1. The standard InChI is InChI=1S/C50H63N3O6S2/c1-31(23-32-7-3-2-4-8-32)50-18-5-9-34(16-20-50)48(58)46-33(15-19-50)11-12-35(25-43(46)56)36-13-14-42(55)44(26-36)59-45-27-37(24-39-10-6-21-52-39)40-17-22-53-49(51)41(40)30-61-60-29-38(28-54)47(45)57/h2-4,6-8,10-14,17,21,26,31,33-35,37-38,43,45-48,52-58H,5,9,16,18,20,22-25,27-30,51H2,1H3. The van der Waals surface area contributed by atoms with Crippen molar-refractivity contribution in [3.8, 4) is 23.3 Å². The Morgan fingerprint density at radius 1 is 0.984 bits per heavy atom. The van der Waals surface area contributed by atoms with E-state index in [1.54, 1.807) is 27.7 Å². The summed E-state index contributed by atoms with van der Waals surface area (Å²) in [6.07, 6.45) is 12.2. The van der Waals surface area contributed by atoms with Crippen LogP contribution < -0.4 is 15.8 Å². The Morgan fingerprint density at radius 2 is 1.84 bits per heavy atom. The minimum absolute atomic E-state index is 0.0536. The molecule has 12 atom stereocenters. The van der Waals surface area contributed by atoms with Gasteiger partial charge >= 0.3 is 0 Å². The minimum atomic E-state index is -1.03. The van der Waals surface area contributed by atoms with Gasteiger partial charge in [-0.25, -0.2) is 0 Å². The van der Waals surface area contributed by atoms with Gasteiger partial charge in [0.15, 0.2) is 11.5 Å². The first-order valence-corrected chi connectivity index (χ1v) is 24.8. The van der Waals surface area contributed by atoms with Gasteiger partial charge in [-0.3, -0.25) is 0 Å². The van der Waals surface area contributed by atoms with Crippen LogP contribution in [0.4, 0.5) is 0 Å². The highest BCUT2D eigenvalue weighted by Gasteiger charge is 2.45. The zero-order valence-corrected chi connectivity index (χ0v) is 36.8. The second-order valence-corrected chi connectivity index (χ2v) is 20.7. The number of dihydropyridines is 1. The van der Waals surface area contributed by atoms with Crippen LogP contribution in [0.5, 0.6) is 11.5 Å². The highest BCUT2D eigenvalue weighted by atomic mass is 33.1. The van der Waals surface area contributed by atoms with E-state index in [0.29, 0.717) is 49.1 Å². The maximum atomic E-state index is 12.1. The Morgan fingerprint density at radius 3 is 2.64 bits per heavy atom. The maximum Gasteiger partial charge on any atom is 0.161 e. The van der Waals surface area contributed by atoms with E-state index in [2.05, 4.69) is 83.7 Å². The fourth-order valence-corrected chi connectivity index (χ4v) is 13.3. The van der Waals surface area contributed by atoms with Gasteiger partial charge in [0.2, 0.25) is 0 Å². The summed E-state index contributed by atoms with van der Waals surface area (Å²) in [5, 5.41) is 61.4. The lowest BCUT2D eigenvalue weighted by Crippen LogP contribution is -2.42. The van der Waals surface area contributed by atoms with Crippen LogP contribution in [0.1, 0.15) is 74.6 Å². The first-order valence-electron chi connectivity index (χ1n) is 22.3. The fraction of sp³-hybridized carbons (Fsp3) is 0.520.